The van der Waals surface area contributed by atoms with E-state index in [4.69, 9.17) is 0 Å². The molecule has 1 aliphatic heterocycles. The molecule has 126 valence electrons. The molecule has 2 aromatic rings. The third-order valence-corrected chi connectivity index (χ3v) is 5.62. The van der Waals surface area contributed by atoms with Crippen molar-refractivity contribution in [1.82, 2.24) is 9.03 Å². The Balaban J connectivity index is 1.71. The third kappa shape index (κ3) is 3.83. The molecule has 1 amide bonds. The van der Waals surface area contributed by atoms with E-state index in [9.17, 15) is 13.2 Å². The minimum absolute atomic E-state index is 0.329. The molecule has 1 fully saturated rings. The van der Waals surface area contributed by atoms with Gasteiger partial charge in [0.1, 0.15) is 0 Å². The van der Waals surface area contributed by atoms with Gasteiger partial charge in [-0.25, -0.2) is 4.72 Å². The largest absolute Gasteiger partial charge is 0.304 e. The molecule has 3 rings (SSSR count). The van der Waals surface area contributed by atoms with Crippen molar-refractivity contribution in [2.24, 2.45) is 0 Å². The molecule has 6 heteroatoms. The molecule has 0 spiro atoms. The Bertz CT molecular complexity index is 796. The van der Waals surface area contributed by atoms with Crippen molar-refractivity contribution < 1.29 is 13.2 Å². The van der Waals surface area contributed by atoms with Gasteiger partial charge in [-0.05, 0) is 36.1 Å². The molecular formula is C18H20N2O3S. The number of nitrogens with one attached hydrogen (secondary N) is 1. The Morgan fingerprint density at radius 3 is 2.04 bits per heavy atom. The lowest BCUT2D eigenvalue weighted by atomic mass is 10.0. The molecule has 24 heavy (non-hydrogen) atoms. The quantitative estimate of drug-likeness (QED) is 0.927. The number of benzene rings is 2. The SMILES string of the molecule is O=C(NS(=O)(=O)N1CCCCC1)c1ccc(-c2ccccc2)cc1. The first-order valence-electron chi connectivity index (χ1n) is 8.04. The molecule has 0 aliphatic carbocycles. The van der Waals surface area contributed by atoms with Gasteiger partial charge < -0.3 is 0 Å². The zero-order valence-electron chi connectivity index (χ0n) is 13.3. The topological polar surface area (TPSA) is 66.5 Å². The first-order valence-corrected chi connectivity index (χ1v) is 9.48. The van der Waals surface area contributed by atoms with Crippen molar-refractivity contribution in [1.29, 1.82) is 0 Å². The van der Waals surface area contributed by atoms with Crippen LogP contribution in [0.3, 0.4) is 0 Å². The van der Waals surface area contributed by atoms with Gasteiger partial charge in [-0.1, -0.05) is 48.9 Å². The van der Waals surface area contributed by atoms with E-state index in [1.165, 1.54) is 4.31 Å². The fourth-order valence-electron chi connectivity index (χ4n) is 2.79. The first-order chi connectivity index (χ1) is 11.6. The third-order valence-electron chi connectivity index (χ3n) is 4.13. The van der Waals surface area contributed by atoms with Crippen molar-refractivity contribution in [2.75, 3.05) is 13.1 Å². The van der Waals surface area contributed by atoms with Crippen LogP contribution in [0.4, 0.5) is 0 Å². The van der Waals surface area contributed by atoms with Gasteiger partial charge in [0.2, 0.25) is 0 Å². The van der Waals surface area contributed by atoms with Gasteiger partial charge in [-0.15, -0.1) is 0 Å². The van der Waals surface area contributed by atoms with Gasteiger partial charge in [0.25, 0.3) is 5.91 Å². The van der Waals surface area contributed by atoms with Crippen LogP contribution < -0.4 is 4.72 Å². The number of carbonyl (C=O) groups is 1. The van der Waals surface area contributed by atoms with Crippen LogP contribution in [0.25, 0.3) is 11.1 Å². The van der Waals surface area contributed by atoms with E-state index >= 15 is 0 Å². The van der Waals surface area contributed by atoms with Gasteiger partial charge in [0.05, 0.1) is 0 Å². The molecule has 1 aliphatic rings. The van der Waals surface area contributed by atoms with Gasteiger partial charge in [-0.2, -0.15) is 12.7 Å². The van der Waals surface area contributed by atoms with E-state index in [1.807, 2.05) is 42.5 Å². The Labute approximate surface area is 142 Å². The predicted octanol–water partition coefficient (Wildman–Crippen LogP) is 2.81. The van der Waals surface area contributed by atoms with Crippen molar-refractivity contribution in [3.05, 3.63) is 60.2 Å². The molecule has 0 radical (unpaired) electrons. The van der Waals surface area contributed by atoms with E-state index in [0.717, 1.165) is 30.4 Å². The van der Waals surface area contributed by atoms with Crippen molar-refractivity contribution in [3.8, 4) is 11.1 Å². The Kier molecular flexibility index (Phi) is 4.97. The summed E-state index contributed by atoms with van der Waals surface area (Å²) in [5, 5.41) is 0. The van der Waals surface area contributed by atoms with Crippen molar-refractivity contribution in [3.63, 3.8) is 0 Å². The highest BCUT2D eigenvalue weighted by Crippen LogP contribution is 2.19. The summed E-state index contributed by atoms with van der Waals surface area (Å²) < 4.78 is 28.0. The molecule has 1 N–H and O–H groups in total. The molecule has 0 atom stereocenters. The fraction of sp³-hybridized carbons (Fsp3) is 0.278. The highest BCUT2D eigenvalue weighted by atomic mass is 32.2. The monoisotopic (exact) mass is 344 g/mol. The number of hydrogen-bond donors (Lipinski definition) is 1. The zero-order valence-corrected chi connectivity index (χ0v) is 14.1. The lowest BCUT2D eigenvalue weighted by Gasteiger charge is -2.25. The van der Waals surface area contributed by atoms with Gasteiger partial charge in [0, 0.05) is 18.7 Å². The number of nitrogens with zero attached hydrogens (tertiary/aromatic N) is 1. The van der Waals surface area contributed by atoms with Crippen LogP contribution in [0.2, 0.25) is 0 Å². The normalized spacial score (nSPS) is 15.8. The molecule has 2 aromatic carbocycles. The zero-order chi connectivity index (χ0) is 17.0. The van der Waals surface area contributed by atoms with E-state index < -0.39 is 16.1 Å². The number of amides is 1. The number of carbonyl (C=O) groups excluding carboxylic acids is 1. The maximum absolute atomic E-state index is 12.3. The van der Waals surface area contributed by atoms with E-state index in [-0.39, 0.29) is 0 Å². The van der Waals surface area contributed by atoms with Crippen LogP contribution in [0.15, 0.2) is 54.6 Å². The van der Waals surface area contributed by atoms with Crippen LogP contribution in [0.1, 0.15) is 29.6 Å². The Hall–Kier alpha value is -2.18. The number of rotatable bonds is 4. The summed E-state index contributed by atoms with van der Waals surface area (Å²) in [6, 6.07) is 16.7. The summed E-state index contributed by atoms with van der Waals surface area (Å²) >= 11 is 0. The second kappa shape index (κ2) is 7.15. The summed E-state index contributed by atoms with van der Waals surface area (Å²) in [7, 11) is -3.76. The minimum Gasteiger partial charge on any atom is -0.268 e. The average Bonchev–Trinajstić information content (AvgIpc) is 2.63. The molecule has 0 aromatic heterocycles. The van der Waals surface area contributed by atoms with Crippen molar-refractivity contribution in [2.45, 2.75) is 19.3 Å². The van der Waals surface area contributed by atoms with E-state index in [0.29, 0.717) is 18.7 Å². The number of hydrogen-bond acceptors (Lipinski definition) is 3. The van der Waals surface area contributed by atoms with Crippen LogP contribution in [-0.2, 0) is 10.2 Å². The maximum atomic E-state index is 12.3. The number of piperidine rings is 1. The van der Waals surface area contributed by atoms with Crippen LogP contribution in [0, 0.1) is 0 Å². The highest BCUT2D eigenvalue weighted by molar-refractivity contribution is 7.87. The maximum Gasteiger partial charge on any atom is 0.304 e. The fourth-order valence-corrected chi connectivity index (χ4v) is 4.01. The molecule has 0 unspecified atom stereocenters. The smallest absolute Gasteiger partial charge is 0.268 e. The molecule has 0 saturated carbocycles. The summed E-state index contributed by atoms with van der Waals surface area (Å²) in [5.74, 6) is -0.597. The van der Waals surface area contributed by atoms with E-state index in [1.54, 1.807) is 12.1 Å². The van der Waals surface area contributed by atoms with Gasteiger partial charge in [0.15, 0.2) is 0 Å². The summed E-state index contributed by atoms with van der Waals surface area (Å²) in [5.41, 5.74) is 2.35. The van der Waals surface area contributed by atoms with Gasteiger partial charge >= 0.3 is 10.2 Å². The Morgan fingerprint density at radius 2 is 1.42 bits per heavy atom. The standard InChI is InChI=1S/C18H20N2O3S/c21-18(19-24(22,23)20-13-5-2-6-14-20)17-11-9-16(10-12-17)15-7-3-1-4-8-15/h1,3-4,7-12H,2,5-6,13-14H2,(H,19,21). The van der Waals surface area contributed by atoms with Crippen LogP contribution >= 0.6 is 0 Å². The molecule has 0 bridgehead atoms. The first kappa shape index (κ1) is 16.7. The molecule has 1 saturated heterocycles. The molecule has 5 nitrogen and oxygen atoms in total. The lowest BCUT2D eigenvalue weighted by Crippen LogP contribution is -2.45. The Morgan fingerprint density at radius 1 is 0.833 bits per heavy atom. The predicted molar refractivity (Wildman–Crippen MR) is 93.7 cm³/mol. The minimum atomic E-state index is -3.76. The molecular weight excluding hydrogens is 324 g/mol. The second-order valence-corrected chi connectivity index (χ2v) is 7.51. The van der Waals surface area contributed by atoms with Gasteiger partial charge in [-0.3, -0.25) is 4.79 Å². The lowest BCUT2D eigenvalue weighted by molar-refractivity contribution is 0.0978. The molecule has 1 heterocycles. The van der Waals surface area contributed by atoms with Crippen LogP contribution in [0.5, 0.6) is 0 Å². The summed E-state index contributed by atoms with van der Waals surface area (Å²) in [6.07, 6.45) is 2.70. The summed E-state index contributed by atoms with van der Waals surface area (Å²) in [4.78, 5) is 12.2. The van der Waals surface area contributed by atoms with Crippen LogP contribution in [-0.4, -0.2) is 31.7 Å². The highest BCUT2D eigenvalue weighted by Gasteiger charge is 2.26. The van der Waals surface area contributed by atoms with Crippen molar-refractivity contribution >= 4 is 16.1 Å². The second-order valence-electron chi connectivity index (χ2n) is 5.84. The summed E-state index contributed by atoms with van der Waals surface area (Å²) in [6.45, 7) is 0.936. The average molecular weight is 344 g/mol. The van der Waals surface area contributed by atoms with E-state index in [2.05, 4.69) is 4.72 Å².